The predicted octanol–water partition coefficient (Wildman–Crippen LogP) is 1.75. The largest absolute Gasteiger partial charge is 0.382 e. The Morgan fingerprint density at radius 2 is 2.39 bits per heavy atom. The van der Waals surface area contributed by atoms with Crippen LogP contribution in [0.3, 0.4) is 0 Å². The molecule has 1 aliphatic heterocycles. The molecule has 5 heteroatoms. The molecular formula is C13H15FN2O2. The van der Waals surface area contributed by atoms with E-state index in [9.17, 15) is 14.8 Å². The number of halogens is 1. The molecule has 0 spiro atoms. The highest BCUT2D eigenvalue weighted by molar-refractivity contribution is 5.23. The predicted molar refractivity (Wildman–Crippen MR) is 61.9 cm³/mol. The van der Waals surface area contributed by atoms with Crippen molar-refractivity contribution >= 4 is 0 Å². The van der Waals surface area contributed by atoms with Crippen LogP contribution in [0.15, 0.2) is 18.3 Å². The molecule has 2 rings (SSSR count). The third-order valence-corrected chi connectivity index (χ3v) is 3.61. The van der Waals surface area contributed by atoms with Crippen molar-refractivity contribution < 1.29 is 14.2 Å². The summed E-state index contributed by atoms with van der Waals surface area (Å²) >= 11 is 0. The maximum absolute atomic E-state index is 12.9. The summed E-state index contributed by atoms with van der Waals surface area (Å²) in [7, 11) is 0. The summed E-state index contributed by atoms with van der Waals surface area (Å²) in [6, 6.07) is 4.80. The molecule has 96 valence electrons. The van der Waals surface area contributed by atoms with Crippen molar-refractivity contribution in [3.05, 3.63) is 29.8 Å². The summed E-state index contributed by atoms with van der Waals surface area (Å²) < 4.78 is 18.2. The molecule has 18 heavy (non-hydrogen) atoms. The van der Waals surface area contributed by atoms with Crippen LogP contribution >= 0.6 is 0 Å². The summed E-state index contributed by atoms with van der Waals surface area (Å²) in [6.07, 6.45) is 2.29. The Bertz CT molecular complexity index is 459. The second kappa shape index (κ2) is 4.63. The van der Waals surface area contributed by atoms with E-state index in [1.807, 2.05) is 0 Å². The molecule has 2 heterocycles. The van der Waals surface area contributed by atoms with E-state index in [1.165, 1.54) is 19.1 Å². The first-order valence-corrected chi connectivity index (χ1v) is 5.85. The van der Waals surface area contributed by atoms with Gasteiger partial charge in [-0.1, -0.05) is 0 Å². The van der Waals surface area contributed by atoms with Crippen LogP contribution in [0.25, 0.3) is 0 Å². The van der Waals surface area contributed by atoms with Crippen molar-refractivity contribution in [2.45, 2.75) is 25.4 Å². The van der Waals surface area contributed by atoms with Crippen molar-refractivity contribution in [1.82, 2.24) is 4.98 Å². The minimum absolute atomic E-state index is 0.162. The lowest BCUT2D eigenvalue weighted by molar-refractivity contribution is -0.115. The van der Waals surface area contributed by atoms with Crippen molar-refractivity contribution in [2.24, 2.45) is 5.41 Å². The van der Waals surface area contributed by atoms with Gasteiger partial charge in [-0.05, 0) is 31.9 Å². The lowest BCUT2D eigenvalue weighted by Gasteiger charge is -2.41. The molecule has 1 N–H and O–H groups in total. The molecule has 2 unspecified atom stereocenters. The topological polar surface area (TPSA) is 66.1 Å². The van der Waals surface area contributed by atoms with Gasteiger partial charge >= 0.3 is 0 Å². The Labute approximate surface area is 105 Å². The van der Waals surface area contributed by atoms with Crippen LogP contribution in [0.5, 0.6) is 0 Å². The van der Waals surface area contributed by atoms with Gasteiger partial charge in [-0.2, -0.15) is 5.26 Å². The highest BCUT2D eigenvalue weighted by Crippen LogP contribution is 2.44. The first-order valence-electron chi connectivity index (χ1n) is 5.85. The summed E-state index contributed by atoms with van der Waals surface area (Å²) in [5.74, 6) is -0.472. The van der Waals surface area contributed by atoms with E-state index in [-0.39, 0.29) is 12.3 Å². The molecule has 1 aromatic rings. The number of nitrogens with zero attached hydrogens (tertiary/aromatic N) is 2. The highest BCUT2D eigenvalue weighted by Gasteiger charge is 2.51. The SMILES string of the molecule is CC(O)(c1ccc(F)cn1)C1(C#N)CCCOC1. The minimum atomic E-state index is -1.46. The van der Waals surface area contributed by atoms with Gasteiger partial charge < -0.3 is 9.84 Å². The van der Waals surface area contributed by atoms with Crippen LogP contribution in [-0.2, 0) is 10.3 Å². The average Bonchev–Trinajstić information content (AvgIpc) is 2.40. The Kier molecular flexibility index (Phi) is 3.33. The van der Waals surface area contributed by atoms with Gasteiger partial charge in [-0.25, -0.2) is 4.39 Å². The maximum Gasteiger partial charge on any atom is 0.141 e. The summed E-state index contributed by atoms with van der Waals surface area (Å²) in [4.78, 5) is 3.89. The molecule has 0 aromatic carbocycles. The second-order valence-corrected chi connectivity index (χ2v) is 4.78. The third kappa shape index (κ3) is 1.98. The first-order chi connectivity index (χ1) is 8.52. The lowest BCUT2D eigenvalue weighted by atomic mass is 9.68. The number of aliphatic hydroxyl groups is 1. The maximum atomic E-state index is 12.9. The Morgan fingerprint density at radius 3 is 2.89 bits per heavy atom. The number of nitriles is 1. The van der Waals surface area contributed by atoms with E-state index in [1.54, 1.807) is 0 Å². The van der Waals surface area contributed by atoms with Crippen LogP contribution in [0.2, 0.25) is 0 Å². The Morgan fingerprint density at radius 1 is 1.61 bits per heavy atom. The van der Waals surface area contributed by atoms with Crippen LogP contribution in [0, 0.1) is 22.6 Å². The standard InChI is InChI=1S/C13H15FN2O2/c1-12(17,11-4-3-10(14)7-16-11)13(8-15)5-2-6-18-9-13/h3-4,7,17H,2,5-6,9H2,1H3. The summed E-state index contributed by atoms with van der Waals surface area (Å²) in [5, 5.41) is 20.1. The van der Waals surface area contributed by atoms with Crippen molar-refractivity contribution in [1.29, 1.82) is 5.26 Å². The number of rotatable bonds is 2. The molecule has 0 aliphatic carbocycles. The molecule has 1 aliphatic rings. The number of pyridine rings is 1. The zero-order valence-electron chi connectivity index (χ0n) is 10.2. The smallest absolute Gasteiger partial charge is 0.141 e. The van der Waals surface area contributed by atoms with E-state index >= 15 is 0 Å². The van der Waals surface area contributed by atoms with Crippen molar-refractivity contribution in [3.8, 4) is 6.07 Å². The molecule has 2 atom stereocenters. The number of aromatic nitrogens is 1. The number of ether oxygens (including phenoxy) is 1. The Balaban J connectivity index is 2.39. The molecule has 1 aromatic heterocycles. The van der Waals surface area contributed by atoms with Gasteiger partial charge in [0, 0.05) is 6.61 Å². The lowest BCUT2D eigenvalue weighted by Crippen LogP contribution is -2.48. The number of hydrogen-bond donors (Lipinski definition) is 1. The number of hydrogen-bond acceptors (Lipinski definition) is 4. The Hall–Kier alpha value is -1.51. The third-order valence-electron chi connectivity index (χ3n) is 3.61. The van der Waals surface area contributed by atoms with Gasteiger partial charge in [0.1, 0.15) is 16.8 Å². The van der Waals surface area contributed by atoms with Crippen molar-refractivity contribution in [2.75, 3.05) is 13.2 Å². The van der Waals surface area contributed by atoms with E-state index in [0.717, 1.165) is 6.20 Å². The minimum Gasteiger partial charge on any atom is -0.382 e. The van der Waals surface area contributed by atoms with Gasteiger partial charge in [0.25, 0.3) is 0 Å². The second-order valence-electron chi connectivity index (χ2n) is 4.78. The van der Waals surface area contributed by atoms with Crippen LogP contribution < -0.4 is 0 Å². The van der Waals surface area contributed by atoms with E-state index in [2.05, 4.69) is 11.1 Å². The van der Waals surface area contributed by atoms with Crippen LogP contribution in [0.4, 0.5) is 4.39 Å². The monoisotopic (exact) mass is 250 g/mol. The van der Waals surface area contributed by atoms with Gasteiger partial charge in [0.2, 0.25) is 0 Å². The van der Waals surface area contributed by atoms with Gasteiger partial charge in [-0.15, -0.1) is 0 Å². The van der Waals surface area contributed by atoms with Gasteiger partial charge in [-0.3, -0.25) is 4.98 Å². The fourth-order valence-electron chi connectivity index (χ4n) is 2.28. The fraction of sp³-hybridized carbons (Fsp3) is 0.538. The molecule has 0 amide bonds. The zero-order valence-corrected chi connectivity index (χ0v) is 10.2. The average molecular weight is 250 g/mol. The van der Waals surface area contributed by atoms with Crippen LogP contribution in [0.1, 0.15) is 25.5 Å². The molecule has 4 nitrogen and oxygen atoms in total. The fourth-order valence-corrected chi connectivity index (χ4v) is 2.28. The van der Waals surface area contributed by atoms with Gasteiger partial charge in [0.15, 0.2) is 0 Å². The molecule has 1 fully saturated rings. The molecular weight excluding hydrogens is 235 g/mol. The first kappa shape index (κ1) is 12.9. The highest BCUT2D eigenvalue weighted by atomic mass is 19.1. The molecule has 0 saturated carbocycles. The normalized spacial score (nSPS) is 27.2. The van der Waals surface area contributed by atoms with E-state index in [0.29, 0.717) is 19.4 Å². The summed E-state index contributed by atoms with van der Waals surface area (Å²) in [6.45, 7) is 2.29. The summed E-state index contributed by atoms with van der Waals surface area (Å²) in [5.41, 5.74) is -2.21. The zero-order chi connectivity index (χ0) is 13.2. The van der Waals surface area contributed by atoms with Crippen LogP contribution in [-0.4, -0.2) is 23.3 Å². The van der Waals surface area contributed by atoms with E-state index in [4.69, 9.17) is 4.74 Å². The quantitative estimate of drug-likeness (QED) is 0.868. The molecule has 0 radical (unpaired) electrons. The molecule has 1 saturated heterocycles. The molecule has 0 bridgehead atoms. The van der Waals surface area contributed by atoms with E-state index < -0.39 is 16.8 Å². The van der Waals surface area contributed by atoms with Crippen molar-refractivity contribution in [3.63, 3.8) is 0 Å². The van der Waals surface area contributed by atoms with Gasteiger partial charge in [0.05, 0.1) is 24.6 Å².